The molecule has 3 heteroatoms. The molecule has 1 aliphatic rings. The number of amides is 1. The molecule has 1 N–H and O–H groups in total. The van der Waals surface area contributed by atoms with Crippen LogP contribution < -0.4 is 10.2 Å². The molecule has 0 aliphatic carbocycles. The number of anilines is 1. The van der Waals surface area contributed by atoms with E-state index in [4.69, 9.17) is 0 Å². The van der Waals surface area contributed by atoms with E-state index in [-0.39, 0.29) is 17.9 Å². The molecule has 2 aromatic carbocycles. The molecule has 0 aromatic heterocycles. The van der Waals surface area contributed by atoms with E-state index >= 15 is 0 Å². The summed E-state index contributed by atoms with van der Waals surface area (Å²) in [7, 11) is 0. The van der Waals surface area contributed by atoms with Gasteiger partial charge in [0.1, 0.15) is 0 Å². The summed E-state index contributed by atoms with van der Waals surface area (Å²) in [6, 6.07) is 20.8. The predicted molar refractivity (Wildman–Crippen MR) is 99.2 cm³/mol. The Kier molecular flexibility index (Phi) is 5.31. The molecular weight excluding hydrogens is 296 g/mol. The number of nitrogens with one attached hydrogen (secondary N) is 1. The Bertz CT molecular complexity index is 652. The highest BCUT2D eigenvalue weighted by Crippen LogP contribution is 2.34. The van der Waals surface area contributed by atoms with E-state index in [1.54, 1.807) is 0 Å². The van der Waals surface area contributed by atoms with Crippen LogP contribution in [0.4, 0.5) is 5.69 Å². The van der Waals surface area contributed by atoms with Crippen molar-refractivity contribution in [1.29, 1.82) is 0 Å². The third-order valence-corrected chi connectivity index (χ3v) is 5.04. The van der Waals surface area contributed by atoms with Crippen LogP contribution in [-0.4, -0.2) is 25.0 Å². The maximum atomic E-state index is 12.8. The third kappa shape index (κ3) is 3.36. The second kappa shape index (κ2) is 7.63. The van der Waals surface area contributed by atoms with Crippen LogP contribution in [0.1, 0.15) is 31.7 Å². The summed E-state index contributed by atoms with van der Waals surface area (Å²) < 4.78 is 0. The van der Waals surface area contributed by atoms with Crippen molar-refractivity contribution in [2.24, 2.45) is 5.92 Å². The predicted octanol–water partition coefficient (Wildman–Crippen LogP) is 3.82. The van der Waals surface area contributed by atoms with Crippen LogP contribution in [-0.2, 0) is 4.79 Å². The van der Waals surface area contributed by atoms with Gasteiger partial charge in [0.25, 0.3) is 0 Å². The van der Waals surface area contributed by atoms with Crippen molar-refractivity contribution in [3.8, 4) is 0 Å². The number of nitrogens with zero attached hydrogens (tertiary/aromatic N) is 1. The van der Waals surface area contributed by atoms with Gasteiger partial charge in [0.05, 0.1) is 0 Å². The van der Waals surface area contributed by atoms with Crippen LogP contribution in [0.15, 0.2) is 60.7 Å². The first kappa shape index (κ1) is 16.7. The SMILES string of the molecule is CCC(=O)N(c1ccccc1)C(C1CNC1)C(C)c1ccccc1. The van der Waals surface area contributed by atoms with Crippen LogP contribution in [0, 0.1) is 5.92 Å². The fraction of sp³-hybridized carbons (Fsp3) is 0.381. The first-order valence-corrected chi connectivity index (χ1v) is 8.85. The zero-order valence-electron chi connectivity index (χ0n) is 14.5. The van der Waals surface area contributed by atoms with Gasteiger partial charge in [-0.15, -0.1) is 0 Å². The molecule has 3 rings (SSSR count). The summed E-state index contributed by atoms with van der Waals surface area (Å²) in [4.78, 5) is 14.9. The molecular formula is C21H26N2O. The lowest BCUT2D eigenvalue weighted by Gasteiger charge is -2.45. The molecule has 1 saturated heterocycles. The van der Waals surface area contributed by atoms with Crippen LogP contribution in [0.5, 0.6) is 0 Å². The summed E-state index contributed by atoms with van der Waals surface area (Å²) in [6.07, 6.45) is 0.521. The largest absolute Gasteiger partial charge is 0.316 e. The zero-order chi connectivity index (χ0) is 16.9. The lowest BCUT2D eigenvalue weighted by molar-refractivity contribution is -0.119. The molecule has 126 valence electrons. The van der Waals surface area contributed by atoms with Gasteiger partial charge in [-0.1, -0.05) is 62.4 Å². The van der Waals surface area contributed by atoms with E-state index in [0.717, 1.165) is 18.8 Å². The molecule has 0 saturated carbocycles. The topological polar surface area (TPSA) is 32.3 Å². The molecule has 1 heterocycles. The highest BCUT2D eigenvalue weighted by molar-refractivity contribution is 5.94. The van der Waals surface area contributed by atoms with Gasteiger partial charge in [0.15, 0.2) is 0 Å². The Morgan fingerprint density at radius 3 is 2.17 bits per heavy atom. The fourth-order valence-corrected chi connectivity index (χ4v) is 3.59. The summed E-state index contributed by atoms with van der Waals surface area (Å²) in [5, 5.41) is 3.37. The summed E-state index contributed by atoms with van der Waals surface area (Å²) in [5.74, 6) is 0.964. The number of benzene rings is 2. The Labute approximate surface area is 144 Å². The number of para-hydroxylation sites is 1. The highest BCUT2D eigenvalue weighted by Gasteiger charge is 2.38. The smallest absolute Gasteiger partial charge is 0.226 e. The van der Waals surface area contributed by atoms with E-state index in [1.165, 1.54) is 5.56 Å². The highest BCUT2D eigenvalue weighted by atomic mass is 16.2. The molecule has 1 amide bonds. The Hall–Kier alpha value is -2.13. The monoisotopic (exact) mass is 322 g/mol. The van der Waals surface area contributed by atoms with E-state index in [0.29, 0.717) is 12.3 Å². The van der Waals surface area contributed by atoms with E-state index in [9.17, 15) is 4.79 Å². The average Bonchev–Trinajstić information content (AvgIpc) is 2.60. The van der Waals surface area contributed by atoms with Gasteiger partial charge < -0.3 is 10.2 Å². The van der Waals surface area contributed by atoms with Crippen molar-refractivity contribution in [3.05, 3.63) is 66.2 Å². The second-order valence-corrected chi connectivity index (χ2v) is 6.56. The molecule has 2 atom stereocenters. The molecule has 24 heavy (non-hydrogen) atoms. The minimum absolute atomic E-state index is 0.170. The van der Waals surface area contributed by atoms with E-state index in [1.807, 2.05) is 48.2 Å². The van der Waals surface area contributed by atoms with Gasteiger partial charge in [-0.2, -0.15) is 0 Å². The third-order valence-electron chi connectivity index (χ3n) is 5.04. The van der Waals surface area contributed by atoms with E-state index < -0.39 is 0 Å². The number of carbonyl (C=O) groups is 1. The Morgan fingerprint density at radius 2 is 1.67 bits per heavy atom. The first-order valence-electron chi connectivity index (χ1n) is 8.85. The molecule has 0 bridgehead atoms. The minimum atomic E-state index is 0.170. The van der Waals surface area contributed by atoms with Crippen molar-refractivity contribution in [2.45, 2.75) is 32.2 Å². The van der Waals surface area contributed by atoms with Crippen LogP contribution in [0.3, 0.4) is 0 Å². The Balaban J connectivity index is 2.00. The van der Waals surface area contributed by atoms with Crippen molar-refractivity contribution in [1.82, 2.24) is 5.32 Å². The lowest BCUT2D eigenvalue weighted by atomic mass is 9.80. The first-order chi connectivity index (χ1) is 11.7. The van der Waals surface area contributed by atoms with Gasteiger partial charge >= 0.3 is 0 Å². The second-order valence-electron chi connectivity index (χ2n) is 6.56. The normalized spacial score (nSPS) is 16.9. The van der Waals surface area contributed by atoms with Crippen molar-refractivity contribution < 1.29 is 4.79 Å². The minimum Gasteiger partial charge on any atom is -0.316 e. The van der Waals surface area contributed by atoms with Crippen molar-refractivity contribution in [2.75, 3.05) is 18.0 Å². The van der Waals surface area contributed by atoms with Crippen molar-refractivity contribution >= 4 is 11.6 Å². The maximum Gasteiger partial charge on any atom is 0.226 e. The zero-order valence-corrected chi connectivity index (χ0v) is 14.5. The summed E-state index contributed by atoms with van der Waals surface area (Å²) in [6.45, 7) is 6.14. The quantitative estimate of drug-likeness (QED) is 0.877. The van der Waals surface area contributed by atoms with Crippen LogP contribution in [0.25, 0.3) is 0 Å². The van der Waals surface area contributed by atoms with Crippen LogP contribution >= 0.6 is 0 Å². The van der Waals surface area contributed by atoms with Gasteiger partial charge in [-0.3, -0.25) is 4.79 Å². The number of hydrogen-bond acceptors (Lipinski definition) is 2. The van der Waals surface area contributed by atoms with Gasteiger partial charge in [-0.05, 0) is 17.7 Å². The molecule has 2 aromatic rings. The molecule has 1 aliphatic heterocycles. The van der Waals surface area contributed by atoms with Crippen LogP contribution in [0.2, 0.25) is 0 Å². The molecule has 2 unspecified atom stereocenters. The molecule has 1 fully saturated rings. The maximum absolute atomic E-state index is 12.8. The Morgan fingerprint density at radius 1 is 1.08 bits per heavy atom. The fourth-order valence-electron chi connectivity index (χ4n) is 3.59. The summed E-state index contributed by atoms with van der Waals surface area (Å²) >= 11 is 0. The van der Waals surface area contributed by atoms with Gasteiger partial charge in [-0.25, -0.2) is 0 Å². The van der Waals surface area contributed by atoms with E-state index in [2.05, 4.69) is 36.5 Å². The summed E-state index contributed by atoms with van der Waals surface area (Å²) in [5.41, 5.74) is 2.29. The lowest BCUT2D eigenvalue weighted by Crippen LogP contribution is -2.58. The van der Waals surface area contributed by atoms with Gasteiger partial charge in [0, 0.05) is 43.1 Å². The number of carbonyl (C=O) groups excluding carboxylic acids is 1. The average molecular weight is 322 g/mol. The van der Waals surface area contributed by atoms with Crippen molar-refractivity contribution in [3.63, 3.8) is 0 Å². The molecule has 3 nitrogen and oxygen atoms in total. The number of hydrogen-bond donors (Lipinski definition) is 1. The molecule has 0 spiro atoms. The standard InChI is InChI=1S/C21H26N2O/c1-3-20(24)23(19-12-8-5-9-13-19)21(18-14-22-15-18)16(2)17-10-6-4-7-11-17/h4-13,16,18,21-22H,3,14-15H2,1-2H3. The number of rotatable bonds is 6. The molecule has 0 radical (unpaired) electrons. The van der Waals surface area contributed by atoms with Gasteiger partial charge in [0.2, 0.25) is 5.91 Å².